The summed E-state index contributed by atoms with van der Waals surface area (Å²) in [6, 6.07) is 0. The molecule has 0 spiro atoms. The average molecular weight is 244 g/mol. The molecule has 0 fully saturated rings. The Balaban J connectivity index is 2.68. The Kier molecular flexibility index (Phi) is 3.49. The van der Waals surface area contributed by atoms with Crippen molar-refractivity contribution < 1.29 is 18.0 Å². The van der Waals surface area contributed by atoms with E-state index in [1.54, 1.807) is 0 Å². The van der Waals surface area contributed by atoms with Crippen LogP contribution in [0.1, 0.15) is 21.8 Å². The summed E-state index contributed by atoms with van der Waals surface area (Å²) in [5, 5.41) is -0.760. The van der Waals surface area contributed by atoms with Crippen molar-refractivity contribution in [3.05, 3.63) is 16.1 Å². The lowest BCUT2D eigenvalue weighted by Crippen LogP contribution is -2.09. The molecule has 7 heteroatoms. The van der Waals surface area contributed by atoms with Gasteiger partial charge in [-0.3, -0.25) is 4.79 Å². The number of aryl methyl sites for hydroxylation is 1. The van der Waals surface area contributed by atoms with Crippen molar-refractivity contribution in [2.75, 3.05) is 0 Å². The second-order valence-corrected chi connectivity index (χ2v) is 3.72. The molecule has 0 saturated carbocycles. The first-order chi connectivity index (χ1) is 6.40. The lowest BCUT2D eigenvalue weighted by atomic mass is 10.2. The van der Waals surface area contributed by atoms with E-state index in [4.69, 9.17) is 11.6 Å². The molecular formula is C7H5ClF3NOS. The van der Waals surface area contributed by atoms with Crippen LogP contribution in [0.2, 0.25) is 0 Å². The van der Waals surface area contributed by atoms with Gasteiger partial charge in [-0.25, -0.2) is 4.98 Å². The van der Waals surface area contributed by atoms with Gasteiger partial charge in [-0.2, -0.15) is 13.2 Å². The molecule has 0 aliphatic rings. The van der Waals surface area contributed by atoms with Crippen LogP contribution in [0, 0.1) is 0 Å². The fourth-order valence-electron chi connectivity index (χ4n) is 0.867. The summed E-state index contributed by atoms with van der Waals surface area (Å²) >= 11 is 6.10. The first kappa shape index (κ1) is 11.5. The van der Waals surface area contributed by atoms with Crippen LogP contribution in [0.3, 0.4) is 0 Å². The minimum atomic E-state index is -4.24. The van der Waals surface area contributed by atoms with Gasteiger partial charge in [0.05, 0.1) is 11.2 Å². The predicted molar refractivity (Wildman–Crippen MR) is 46.7 cm³/mol. The molecule has 0 aliphatic heterocycles. The molecule has 14 heavy (non-hydrogen) atoms. The van der Waals surface area contributed by atoms with Crippen molar-refractivity contribution >= 4 is 28.2 Å². The van der Waals surface area contributed by atoms with Gasteiger partial charge in [0.1, 0.15) is 4.88 Å². The molecule has 0 unspecified atom stereocenters. The summed E-state index contributed by atoms with van der Waals surface area (Å²) in [6.07, 6.45) is -5.54. The highest BCUT2D eigenvalue weighted by Crippen LogP contribution is 2.24. The Hall–Kier alpha value is -0.620. The third-order valence-electron chi connectivity index (χ3n) is 1.46. The van der Waals surface area contributed by atoms with Gasteiger partial charge in [0.15, 0.2) is 0 Å². The Morgan fingerprint density at radius 1 is 1.57 bits per heavy atom. The van der Waals surface area contributed by atoms with Gasteiger partial charge >= 0.3 is 6.18 Å². The lowest BCUT2D eigenvalue weighted by molar-refractivity contribution is -0.134. The topological polar surface area (TPSA) is 30.0 Å². The Morgan fingerprint density at radius 2 is 2.21 bits per heavy atom. The molecule has 0 saturated heterocycles. The smallest absolute Gasteiger partial charge is 0.275 e. The van der Waals surface area contributed by atoms with Crippen molar-refractivity contribution in [1.29, 1.82) is 0 Å². The summed E-state index contributed by atoms with van der Waals surface area (Å²) in [5.41, 5.74) is 1.42. The van der Waals surface area contributed by atoms with Crippen molar-refractivity contribution in [3.63, 3.8) is 0 Å². The van der Waals surface area contributed by atoms with Gasteiger partial charge < -0.3 is 0 Å². The van der Waals surface area contributed by atoms with Crippen molar-refractivity contribution in [2.45, 2.75) is 19.0 Å². The zero-order valence-corrected chi connectivity index (χ0v) is 8.34. The summed E-state index contributed by atoms with van der Waals surface area (Å²) in [7, 11) is 0. The van der Waals surface area contributed by atoms with Crippen LogP contribution in [-0.2, 0) is 6.42 Å². The molecule has 0 aromatic carbocycles. The molecular weight excluding hydrogens is 239 g/mol. The van der Waals surface area contributed by atoms with Crippen LogP contribution in [0.4, 0.5) is 13.2 Å². The van der Waals surface area contributed by atoms with Gasteiger partial charge in [-0.1, -0.05) is 0 Å². The molecule has 0 aliphatic carbocycles. The molecule has 0 radical (unpaired) electrons. The highest BCUT2D eigenvalue weighted by Gasteiger charge is 2.28. The maximum absolute atomic E-state index is 11.8. The SMILES string of the molecule is O=C(Cl)c1scnc1CCC(F)(F)F. The zero-order chi connectivity index (χ0) is 10.8. The number of thiazole rings is 1. The number of nitrogens with zero attached hydrogens (tertiary/aromatic N) is 1. The normalized spacial score (nSPS) is 11.7. The van der Waals surface area contributed by atoms with Gasteiger partial charge in [-0.05, 0) is 18.0 Å². The van der Waals surface area contributed by atoms with E-state index < -0.39 is 17.8 Å². The monoisotopic (exact) mass is 243 g/mol. The number of rotatable bonds is 3. The number of carbonyl (C=O) groups is 1. The van der Waals surface area contributed by atoms with Crippen LogP contribution in [0.5, 0.6) is 0 Å². The Bertz CT molecular complexity index is 336. The van der Waals surface area contributed by atoms with Gasteiger partial charge in [0.2, 0.25) is 0 Å². The average Bonchev–Trinajstić information content (AvgIpc) is 2.46. The second-order valence-electron chi connectivity index (χ2n) is 2.52. The van der Waals surface area contributed by atoms with Crippen LogP contribution in [0.25, 0.3) is 0 Å². The quantitative estimate of drug-likeness (QED) is 0.764. The molecule has 1 aromatic heterocycles. The van der Waals surface area contributed by atoms with Crippen LogP contribution in [0.15, 0.2) is 5.51 Å². The highest BCUT2D eigenvalue weighted by atomic mass is 35.5. The molecule has 0 atom stereocenters. The molecule has 0 bridgehead atoms. The van der Waals surface area contributed by atoms with Gasteiger partial charge in [0, 0.05) is 6.42 Å². The van der Waals surface area contributed by atoms with Crippen LogP contribution < -0.4 is 0 Å². The summed E-state index contributed by atoms with van der Waals surface area (Å²) in [4.78, 5) is 14.5. The number of aromatic nitrogens is 1. The molecule has 1 aromatic rings. The van der Waals surface area contributed by atoms with E-state index in [-0.39, 0.29) is 17.0 Å². The highest BCUT2D eigenvalue weighted by molar-refractivity contribution is 7.13. The lowest BCUT2D eigenvalue weighted by Gasteiger charge is -2.04. The number of hydrogen-bond acceptors (Lipinski definition) is 3. The van der Waals surface area contributed by atoms with Gasteiger partial charge in [0.25, 0.3) is 5.24 Å². The first-order valence-electron chi connectivity index (χ1n) is 3.59. The predicted octanol–water partition coefficient (Wildman–Crippen LogP) is 3.02. The van der Waals surface area contributed by atoms with E-state index in [1.807, 2.05) is 0 Å². The molecule has 2 nitrogen and oxygen atoms in total. The maximum atomic E-state index is 11.8. The molecule has 0 amide bonds. The van der Waals surface area contributed by atoms with Crippen molar-refractivity contribution in [2.24, 2.45) is 0 Å². The minimum absolute atomic E-state index is 0.0934. The standard InChI is InChI=1S/C7H5ClF3NOS/c8-6(13)5-4(12-3-14-5)1-2-7(9,10)11/h3H,1-2H2. The van der Waals surface area contributed by atoms with Crippen molar-refractivity contribution in [1.82, 2.24) is 4.98 Å². The second kappa shape index (κ2) is 4.27. The molecule has 0 N–H and O–H groups in total. The number of hydrogen-bond donors (Lipinski definition) is 0. The maximum Gasteiger partial charge on any atom is 0.389 e. The molecule has 78 valence electrons. The fourth-order valence-corrected chi connectivity index (χ4v) is 1.78. The number of carbonyl (C=O) groups excluding carboxylic acids is 1. The first-order valence-corrected chi connectivity index (χ1v) is 4.85. The third-order valence-corrected chi connectivity index (χ3v) is 2.63. The Labute approximate surface area is 86.7 Å². The van der Waals surface area contributed by atoms with E-state index in [9.17, 15) is 18.0 Å². The Morgan fingerprint density at radius 3 is 2.71 bits per heavy atom. The fraction of sp³-hybridized carbons (Fsp3) is 0.429. The van der Waals surface area contributed by atoms with E-state index in [1.165, 1.54) is 5.51 Å². The number of halogens is 4. The largest absolute Gasteiger partial charge is 0.389 e. The van der Waals surface area contributed by atoms with E-state index in [0.29, 0.717) is 0 Å². The summed E-state index contributed by atoms with van der Waals surface area (Å²) < 4.78 is 35.5. The van der Waals surface area contributed by atoms with E-state index >= 15 is 0 Å². The number of alkyl halides is 3. The third kappa shape index (κ3) is 3.26. The van der Waals surface area contributed by atoms with E-state index in [0.717, 1.165) is 11.3 Å². The van der Waals surface area contributed by atoms with Crippen LogP contribution in [-0.4, -0.2) is 16.4 Å². The van der Waals surface area contributed by atoms with E-state index in [2.05, 4.69) is 4.98 Å². The summed E-state index contributed by atoms with van der Waals surface area (Å²) in [5.74, 6) is 0. The van der Waals surface area contributed by atoms with Crippen molar-refractivity contribution in [3.8, 4) is 0 Å². The van der Waals surface area contributed by atoms with Gasteiger partial charge in [-0.15, -0.1) is 11.3 Å². The summed E-state index contributed by atoms with van der Waals surface area (Å²) in [6.45, 7) is 0. The molecule has 1 heterocycles. The zero-order valence-electron chi connectivity index (χ0n) is 6.77. The van der Waals surface area contributed by atoms with Crippen LogP contribution >= 0.6 is 22.9 Å². The molecule has 1 rings (SSSR count). The minimum Gasteiger partial charge on any atom is -0.275 e.